The molecule has 37 heavy (non-hydrogen) atoms. The Bertz CT molecular complexity index is 2060. The van der Waals surface area contributed by atoms with Crippen LogP contribution in [-0.2, 0) is 0 Å². The van der Waals surface area contributed by atoms with Gasteiger partial charge in [0.2, 0.25) is 0 Å². The molecule has 0 bridgehead atoms. The Labute approximate surface area is 232 Å². The molecule has 0 saturated carbocycles. The molecule has 3 heterocycles. The molecular weight excluding hydrogens is 525 g/mol. The van der Waals surface area contributed by atoms with Crippen molar-refractivity contribution in [2.75, 3.05) is 6.26 Å². The van der Waals surface area contributed by atoms with Gasteiger partial charge in [-0.1, -0.05) is 60.7 Å². The quantitative estimate of drug-likeness (QED) is 0.156. The van der Waals surface area contributed by atoms with Gasteiger partial charge in [0.15, 0.2) is 0 Å². The molecule has 180 valence electrons. The Morgan fingerprint density at radius 3 is 1.89 bits per heavy atom. The molecule has 0 atom stereocenters. The number of hydrogen-bond donors (Lipinski definition) is 0. The van der Waals surface area contributed by atoms with Crippen LogP contribution in [0.15, 0.2) is 90.3 Å². The van der Waals surface area contributed by atoms with Gasteiger partial charge in [-0.25, -0.2) is 0 Å². The van der Waals surface area contributed by atoms with E-state index in [1.165, 1.54) is 77.6 Å². The third-order valence-corrected chi connectivity index (χ3v) is 11.5. The van der Waals surface area contributed by atoms with Gasteiger partial charge in [-0.05, 0) is 87.6 Å². The molecule has 0 saturated heterocycles. The molecule has 0 nitrogen and oxygen atoms in total. The lowest BCUT2D eigenvalue weighted by molar-refractivity contribution is 1.56. The summed E-state index contributed by atoms with van der Waals surface area (Å²) in [5.41, 5.74) is 2.42. The van der Waals surface area contributed by atoms with Gasteiger partial charge < -0.3 is 0 Å². The monoisotopic (exact) mass is 548 g/mol. The smallest absolute Gasteiger partial charge is 0.0455 e. The van der Waals surface area contributed by atoms with Crippen LogP contribution in [0.2, 0.25) is 0 Å². The topological polar surface area (TPSA) is 0 Å². The Morgan fingerprint density at radius 1 is 0.730 bits per heavy atom. The highest BCUT2D eigenvalue weighted by Gasteiger charge is 2.14. The van der Waals surface area contributed by atoms with Crippen molar-refractivity contribution in [1.29, 1.82) is 0 Å². The van der Waals surface area contributed by atoms with E-state index in [-0.39, 0.29) is 0 Å². The van der Waals surface area contributed by atoms with Crippen LogP contribution in [0.3, 0.4) is 0 Å². The Hall–Kier alpha value is -2.89. The zero-order valence-corrected chi connectivity index (χ0v) is 24.1. The summed E-state index contributed by atoms with van der Waals surface area (Å²) >= 11 is 7.44. The second-order valence-electron chi connectivity index (χ2n) is 9.65. The van der Waals surface area contributed by atoms with E-state index in [0.29, 0.717) is 0 Å². The van der Waals surface area contributed by atoms with E-state index in [2.05, 4.69) is 105 Å². The maximum atomic E-state index is 4.08. The molecule has 0 N–H and O–H groups in total. The number of rotatable bonds is 4. The van der Waals surface area contributed by atoms with E-state index in [9.17, 15) is 0 Å². The number of hydrogen-bond acceptors (Lipinski definition) is 4. The van der Waals surface area contributed by atoms with E-state index in [1.54, 1.807) is 11.8 Å². The van der Waals surface area contributed by atoms with Crippen LogP contribution in [0, 0.1) is 6.92 Å². The Balaban J connectivity index is 1.44. The molecule has 7 aromatic rings. The van der Waals surface area contributed by atoms with Crippen molar-refractivity contribution in [1.82, 2.24) is 0 Å². The van der Waals surface area contributed by atoms with Gasteiger partial charge in [0.25, 0.3) is 0 Å². The van der Waals surface area contributed by atoms with E-state index < -0.39 is 0 Å². The largest absolute Gasteiger partial charge is 0.143 e. The van der Waals surface area contributed by atoms with Crippen LogP contribution in [0.4, 0.5) is 0 Å². The molecular formula is C33H24S4. The second-order valence-corrected chi connectivity index (χ2v) is 13.5. The highest BCUT2D eigenvalue weighted by Crippen LogP contribution is 2.44. The SMILES string of the molecule is C=C(C)/C=C(\SC)c1cc2ccc3c4ccc5c(ccc6cc(-c7cc(C)cs7)sc65)c4ccc3c2s1. The number of benzene rings is 4. The van der Waals surface area contributed by atoms with Crippen LogP contribution >= 0.6 is 45.8 Å². The Kier molecular flexibility index (Phi) is 5.56. The summed E-state index contributed by atoms with van der Waals surface area (Å²) in [4.78, 5) is 5.32. The highest BCUT2D eigenvalue weighted by atomic mass is 32.2. The normalized spacial score (nSPS) is 12.6. The molecule has 0 spiro atoms. The zero-order chi connectivity index (χ0) is 25.3. The number of thioether (sulfide) groups is 1. The Morgan fingerprint density at radius 2 is 1.30 bits per heavy atom. The van der Waals surface area contributed by atoms with Gasteiger partial charge in [-0.2, -0.15) is 0 Å². The van der Waals surface area contributed by atoms with E-state index in [1.807, 2.05) is 34.0 Å². The lowest BCUT2D eigenvalue weighted by Crippen LogP contribution is -1.81. The fraction of sp³-hybridized carbons (Fsp3) is 0.0909. The van der Waals surface area contributed by atoms with Crippen LogP contribution in [0.5, 0.6) is 0 Å². The molecule has 0 radical (unpaired) electrons. The first kappa shape index (κ1) is 23.2. The lowest BCUT2D eigenvalue weighted by Gasteiger charge is -2.09. The third-order valence-electron chi connectivity index (χ3n) is 6.97. The molecule has 0 fully saturated rings. The third kappa shape index (κ3) is 3.78. The van der Waals surface area contributed by atoms with Crippen LogP contribution < -0.4 is 0 Å². The van der Waals surface area contributed by atoms with Crippen molar-refractivity contribution < 1.29 is 0 Å². The van der Waals surface area contributed by atoms with Gasteiger partial charge in [0.05, 0.1) is 0 Å². The molecule has 4 heteroatoms. The molecule has 0 aliphatic heterocycles. The van der Waals surface area contributed by atoms with Crippen molar-refractivity contribution in [2.45, 2.75) is 13.8 Å². The van der Waals surface area contributed by atoms with Crippen molar-refractivity contribution in [3.63, 3.8) is 0 Å². The fourth-order valence-corrected chi connectivity index (χ4v) is 9.52. The maximum Gasteiger partial charge on any atom is 0.0455 e. The van der Waals surface area contributed by atoms with Crippen LogP contribution in [-0.4, -0.2) is 6.26 Å². The number of allylic oxidation sites excluding steroid dienone is 2. The predicted molar refractivity (Wildman–Crippen MR) is 174 cm³/mol. The first-order valence-electron chi connectivity index (χ1n) is 12.2. The standard InChI is InChI=1S/C33H24S4/c1-18(2)13-28(34-4)30-15-20-5-7-24-22-10-12-27-25(23(22)9-11-26(24)32(20)36-30)8-6-21-16-31(37-33(21)27)29-14-19(3)17-35-29/h5-17H,1H2,2-4H3/b28-13-. The van der Waals surface area contributed by atoms with Gasteiger partial charge in [0, 0.05) is 39.7 Å². The van der Waals surface area contributed by atoms with E-state index in [0.717, 1.165) is 5.57 Å². The maximum absolute atomic E-state index is 4.08. The summed E-state index contributed by atoms with van der Waals surface area (Å²) in [5.74, 6) is 0. The van der Waals surface area contributed by atoms with E-state index >= 15 is 0 Å². The minimum absolute atomic E-state index is 1.09. The molecule has 0 unspecified atom stereocenters. The zero-order valence-electron chi connectivity index (χ0n) is 20.8. The van der Waals surface area contributed by atoms with Crippen molar-refractivity contribution in [3.8, 4) is 9.75 Å². The first-order chi connectivity index (χ1) is 18.0. The first-order valence-corrected chi connectivity index (χ1v) is 16.0. The predicted octanol–water partition coefficient (Wildman–Crippen LogP) is 11.9. The average Bonchev–Trinajstić information content (AvgIpc) is 3.63. The molecule has 7 rings (SSSR count). The summed E-state index contributed by atoms with van der Waals surface area (Å²) in [6.45, 7) is 8.31. The minimum Gasteiger partial charge on any atom is -0.143 e. The summed E-state index contributed by atoms with van der Waals surface area (Å²) in [6, 6.07) is 25.5. The minimum atomic E-state index is 1.09. The molecule has 0 aliphatic rings. The highest BCUT2D eigenvalue weighted by molar-refractivity contribution is 8.07. The van der Waals surface area contributed by atoms with Gasteiger partial charge in [-0.15, -0.1) is 45.8 Å². The lowest BCUT2D eigenvalue weighted by atomic mass is 9.96. The second kappa shape index (κ2) is 8.85. The molecule has 4 aromatic carbocycles. The number of thiophene rings is 3. The van der Waals surface area contributed by atoms with Crippen LogP contribution in [0.1, 0.15) is 17.4 Å². The molecule has 0 aliphatic carbocycles. The summed E-state index contributed by atoms with van der Waals surface area (Å²) in [5, 5.41) is 12.9. The van der Waals surface area contributed by atoms with Crippen molar-refractivity contribution >= 4 is 103 Å². The number of fused-ring (bicyclic) bond motifs is 9. The average molecular weight is 549 g/mol. The molecule has 0 amide bonds. The fourth-order valence-electron chi connectivity index (χ4n) is 5.29. The summed E-state index contributed by atoms with van der Waals surface area (Å²) < 4.78 is 2.74. The van der Waals surface area contributed by atoms with Gasteiger partial charge in [-0.3, -0.25) is 0 Å². The number of aryl methyl sites for hydroxylation is 1. The van der Waals surface area contributed by atoms with E-state index in [4.69, 9.17) is 0 Å². The van der Waals surface area contributed by atoms with Crippen molar-refractivity contribution in [2.24, 2.45) is 0 Å². The molecule has 3 aromatic heterocycles. The summed E-state index contributed by atoms with van der Waals surface area (Å²) in [7, 11) is 0. The van der Waals surface area contributed by atoms with Gasteiger partial charge >= 0.3 is 0 Å². The van der Waals surface area contributed by atoms with Gasteiger partial charge in [0.1, 0.15) is 0 Å². The van der Waals surface area contributed by atoms with Crippen LogP contribution in [0.25, 0.3) is 67.1 Å². The summed E-state index contributed by atoms with van der Waals surface area (Å²) in [6.07, 6.45) is 4.33. The van der Waals surface area contributed by atoms with Crippen molar-refractivity contribution in [3.05, 3.63) is 101 Å².